The van der Waals surface area contributed by atoms with Crippen LogP contribution in [0.25, 0.3) is 11.5 Å². The van der Waals surface area contributed by atoms with Gasteiger partial charge in [0.1, 0.15) is 23.8 Å². The summed E-state index contributed by atoms with van der Waals surface area (Å²) in [6.07, 6.45) is 1.00. The second-order valence-electron chi connectivity index (χ2n) is 7.55. The number of ether oxygens (including phenoxy) is 1. The number of aromatic nitrogens is 1. The molecule has 1 N–H and O–H groups in total. The molecule has 0 radical (unpaired) electrons. The third-order valence-electron chi connectivity index (χ3n) is 5.29. The lowest BCUT2D eigenvalue weighted by atomic mass is 10.1. The van der Waals surface area contributed by atoms with Crippen LogP contribution in [0.4, 0.5) is 0 Å². The molecule has 0 aliphatic heterocycles. The van der Waals surface area contributed by atoms with Crippen molar-refractivity contribution in [1.82, 2.24) is 10.3 Å². The first-order chi connectivity index (χ1) is 15.6. The predicted molar refractivity (Wildman–Crippen MR) is 124 cm³/mol. The zero-order chi connectivity index (χ0) is 22.3. The number of rotatable bonds is 8. The Kier molecular flexibility index (Phi) is 6.66. The number of nitrogens with zero attached hydrogens (tertiary/aromatic N) is 1. The average molecular weight is 427 g/mol. The zero-order valence-corrected chi connectivity index (χ0v) is 18.3. The highest BCUT2D eigenvalue weighted by Gasteiger charge is 2.13. The Balaban J connectivity index is 1.37. The molecule has 0 atom stereocenters. The van der Waals surface area contributed by atoms with E-state index in [1.165, 1.54) is 5.56 Å². The van der Waals surface area contributed by atoms with Gasteiger partial charge in [-0.3, -0.25) is 4.79 Å². The molecule has 4 aromatic rings. The van der Waals surface area contributed by atoms with E-state index in [-0.39, 0.29) is 5.91 Å². The lowest BCUT2D eigenvalue weighted by molar-refractivity contribution is 0.0951. The van der Waals surface area contributed by atoms with Gasteiger partial charge in [-0.05, 0) is 60.9 Å². The van der Waals surface area contributed by atoms with E-state index >= 15 is 0 Å². The smallest absolute Gasteiger partial charge is 0.251 e. The first-order valence-corrected chi connectivity index (χ1v) is 10.7. The largest absolute Gasteiger partial charge is 0.487 e. The molecule has 1 heterocycles. The summed E-state index contributed by atoms with van der Waals surface area (Å²) in [6.45, 7) is 4.82. The molecule has 32 heavy (non-hydrogen) atoms. The van der Waals surface area contributed by atoms with Crippen molar-refractivity contribution in [3.8, 4) is 17.2 Å². The maximum Gasteiger partial charge on any atom is 0.251 e. The van der Waals surface area contributed by atoms with Crippen molar-refractivity contribution in [3.63, 3.8) is 0 Å². The van der Waals surface area contributed by atoms with Crippen LogP contribution in [0.5, 0.6) is 5.75 Å². The van der Waals surface area contributed by atoms with Crippen LogP contribution in [0.15, 0.2) is 83.3 Å². The Bertz CT molecular complexity index is 1160. The summed E-state index contributed by atoms with van der Waals surface area (Å²) in [6, 6.07) is 25.1. The fourth-order valence-electron chi connectivity index (χ4n) is 3.30. The summed E-state index contributed by atoms with van der Waals surface area (Å²) < 4.78 is 11.6. The summed E-state index contributed by atoms with van der Waals surface area (Å²) in [5.74, 6) is 1.90. The first kappa shape index (κ1) is 21.4. The van der Waals surface area contributed by atoms with Crippen molar-refractivity contribution in [3.05, 3.63) is 107 Å². The molecule has 5 nitrogen and oxygen atoms in total. The van der Waals surface area contributed by atoms with Crippen LogP contribution in [0.1, 0.15) is 39.9 Å². The molecule has 0 spiro atoms. The average Bonchev–Trinajstić information content (AvgIpc) is 3.22. The molecule has 5 heteroatoms. The molecule has 1 amide bonds. The van der Waals surface area contributed by atoms with E-state index in [0.717, 1.165) is 29.0 Å². The Morgan fingerprint density at radius 1 is 0.938 bits per heavy atom. The van der Waals surface area contributed by atoms with Crippen molar-refractivity contribution in [2.75, 3.05) is 0 Å². The summed E-state index contributed by atoms with van der Waals surface area (Å²) in [5, 5.41) is 2.96. The van der Waals surface area contributed by atoms with E-state index in [2.05, 4.69) is 29.4 Å². The van der Waals surface area contributed by atoms with Crippen LogP contribution in [0.3, 0.4) is 0 Å². The highest BCUT2D eigenvalue weighted by atomic mass is 16.5. The van der Waals surface area contributed by atoms with Crippen LogP contribution in [-0.2, 0) is 19.6 Å². The number of carbonyl (C=O) groups excluding carboxylic acids is 1. The van der Waals surface area contributed by atoms with Gasteiger partial charge < -0.3 is 14.5 Å². The summed E-state index contributed by atoms with van der Waals surface area (Å²) in [5.41, 5.74) is 4.51. The quantitative estimate of drug-likeness (QED) is 0.391. The van der Waals surface area contributed by atoms with Crippen LogP contribution in [0, 0.1) is 6.92 Å². The third kappa shape index (κ3) is 5.24. The van der Waals surface area contributed by atoms with E-state index in [4.69, 9.17) is 9.15 Å². The zero-order valence-electron chi connectivity index (χ0n) is 18.3. The molecule has 0 aliphatic rings. The molecule has 3 aromatic carbocycles. The molecule has 0 saturated heterocycles. The summed E-state index contributed by atoms with van der Waals surface area (Å²) >= 11 is 0. The van der Waals surface area contributed by atoms with Crippen molar-refractivity contribution in [2.24, 2.45) is 0 Å². The second kappa shape index (κ2) is 9.96. The lowest BCUT2D eigenvalue weighted by Gasteiger charge is -2.07. The van der Waals surface area contributed by atoms with Crippen molar-refractivity contribution in [2.45, 2.75) is 33.4 Å². The molecular formula is C27H26N2O3. The number of hydrogen-bond acceptors (Lipinski definition) is 4. The maximum absolute atomic E-state index is 12.5. The van der Waals surface area contributed by atoms with Gasteiger partial charge in [0, 0.05) is 17.7 Å². The Hall–Kier alpha value is -3.86. The Morgan fingerprint density at radius 3 is 2.31 bits per heavy atom. The molecule has 4 rings (SSSR count). The van der Waals surface area contributed by atoms with Crippen molar-refractivity contribution < 1.29 is 13.9 Å². The number of benzene rings is 3. The van der Waals surface area contributed by atoms with Gasteiger partial charge in [-0.2, -0.15) is 0 Å². The van der Waals surface area contributed by atoms with Crippen LogP contribution >= 0.6 is 0 Å². The standard InChI is InChI=1S/C27H26N2O3/c1-3-20-9-11-21(12-10-20)17-28-26(30)22-13-15-23(16-14-22)27-29-25(19(2)32-27)18-31-24-7-5-4-6-8-24/h4-16H,3,17-18H2,1-2H3,(H,28,30). The highest BCUT2D eigenvalue weighted by molar-refractivity contribution is 5.94. The third-order valence-corrected chi connectivity index (χ3v) is 5.29. The fourth-order valence-corrected chi connectivity index (χ4v) is 3.30. The predicted octanol–water partition coefficient (Wildman–Crippen LogP) is 5.72. The van der Waals surface area contributed by atoms with Gasteiger partial charge in [-0.25, -0.2) is 4.98 Å². The van der Waals surface area contributed by atoms with Gasteiger partial charge in [-0.15, -0.1) is 0 Å². The number of nitrogens with one attached hydrogen (secondary N) is 1. The molecule has 0 aliphatic carbocycles. The van der Waals surface area contributed by atoms with E-state index in [1.807, 2.05) is 61.5 Å². The Morgan fingerprint density at radius 2 is 1.62 bits per heavy atom. The number of hydrogen-bond donors (Lipinski definition) is 1. The number of carbonyl (C=O) groups is 1. The minimum atomic E-state index is -0.114. The molecule has 0 saturated carbocycles. The number of oxazole rings is 1. The number of amides is 1. The fraction of sp³-hybridized carbons (Fsp3) is 0.185. The molecular weight excluding hydrogens is 400 g/mol. The minimum Gasteiger partial charge on any atom is -0.487 e. The highest BCUT2D eigenvalue weighted by Crippen LogP contribution is 2.23. The summed E-state index contributed by atoms with van der Waals surface area (Å²) in [4.78, 5) is 17.1. The number of para-hydroxylation sites is 1. The van der Waals surface area contributed by atoms with Crippen molar-refractivity contribution in [1.29, 1.82) is 0 Å². The van der Waals surface area contributed by atoms with Gasteiger partial charge in [0.25, 0.3) is 5.91 Å². The Labute approximate surface area is 188 Å². The lowest BCUT2D eigenvalue weighted by Crippen LogP contribution is -2.22. The van der Waals surface area contributed by atoms with E-state index < -0.39 is 0 Å². The van der Waals surface area contributed by atoms with Crippen molar-refractivity contribution >= 4 is 5.91 Å². The number of aryl methyl sites for hydroxylation is 2. The maximum atomic E-state index is 12.5. The summed E-state index contributed by atoms with van der Waals surface area (Å²) in [7, 11) is 0. The molecule has 0 unspecified atom stereocenters. The van der Waals surface area contributed by atoms with Gasteiger partial charge >= 0.3 is 0 Å². The molecule has 0 bridgehead atoms. The monoisotopic (exact) mass is 426 g/mol. The van der Waals surface area contributed by atoms with E-state index in [0.29, 0.717) is 30.4 Å². The van der Waals surface area contributed by atoms with Gasteiger partial charge in [0.15, 0.2) is 0 Å². The van der Waals surface area contributed by atoms with Gasteiger partial charge in [0.05, 0.1) is 0 Å². The topological polar surface area (TPSA) is 64.4 Å². The SMILES string of the molecule is CCc1ccc(CNC(=O)c2ccc(-c3nc(COc4ccccc4)c(C)o3)cc2)cc1. The first-order valence-electron chi connectivity index (χ1n) is 10.7. The molecule has 1 aromatic heterocycles. The van der Waals surface area contributed by atoms with E-state index in [1.54, 1.807) is 12.1 Å². The van der Waals surface area contributed by atoms with Crippen LogP contribution in [0.2, 0.25) is 0 Å². The van der Waals surface area contributed by atoms with E-state index in [9.17, 15) is 4.79 Å². The molecule has 0 fully saturated rings. The van der Waals surface area contributed by atoms with Crippen LogP contribution < -0.4 is 10.1 Å². The molecule has 162 valence electrons. The normalized spacial score (nSPS) is 10.7. The minimum absolute atomic E-state index is 0.114. The van der Waals surface area contributed by atoms with Gasteiger partial charge in [0.2, 0.25) is 5.89 Å². The van der Waals surface area contributed by atoms with Crippen LogP contribution in [-0.4, -0.2) is 10.9 Å². The van der Waals surface area contributed by atoms with Gasteiger partial charge in [-0.1, -0.05) is 49.4 Å². The second-order valence-corrected chi connectivity index (χ2v) is 7.55.